The smallest absolute Gasteiger partial charge is 0.475 e. The maximum atomic E-state index is 12.8. The molecule has 1 heterocycles. The minimum atomic E-state index is -5.08. The quantitative estimate of drug-likeness (QED) is 0.144. The van der Waals surface area contributed by atoms with Crippen LogP contribution in [0.2, 0.25) is 0 Å². The molecule has 1 aliphatic heterocycles. The number of carbonyl (C=O) groups is 4. The molecule has 1 aliphatic carbocycles. The topological polar surface area (TPSA) is 162 Å². The van der Waals surface area contributed by atoms with Gasteiger partial charge in [0.05, 0.1) is 0 Å². The van der Waals surface area contributed by atoms with Gasteiger partial charge in [-0.2, -0.15) is 26.3 Å². The Labute approximate surface area is 253 Å². The van der Waals surface area contributed by atoms with Crippen molar-refractivity contribution in [1.29, 1.82) is 0 Å². The number of carboxylic acids is 2. The van der Waals surface area contributed by atoms with Crippen LogP contribution in [0.3, 0.4) is 0 Å². The number of guanidine groups is 1. The number of Topliss-reactive ketones (excluding diaryl/α,β-unsaturated/α-hetero) is 1. The van der Waals surface area contributed by atoms with Crippen molar-refractivity contribution in [2.24, 2.45) is 28.5 Å². The number of rotatable bonds is 10. The summed E-state index contributed by atoms with van der Waals surface area (Å²) in [4.78, 5) is 50.0. The molecule has 2 fully saturated rings. The average molecular weight is 649 g/mol. The Morgan fingerprint density at radius 1 is 0.886 bits per heavy atom. The summed E-state index contributed by atoms with van der Waals surface area (Å²) in [5.74, 6) is -3.86. The average Bonchev–Trinajstić information content (AvgIpc) is 2.91. The third kappa shape index (κ3) is 19.4. The Morgan fingerprint density at radius 2 is 1.36 bits per heavy atom. The van der Waals surface area contributed by atoms with Crippen LogP contribution < -0.4 is 11.1 Å². The third-order valence-electron chi connectivity index (χ3n) is 7.30. The van der Waals surface area contributed by atoms with Crippen LogP contribution in [0.1, 0.15) is 91.4 Å². The van der Waals surface area contributed by atoms with Gasteiger partial charge >= 0.3 is 24.3 Å². The summed E-state index contributed by atoms with van der Waals surface area (Å²) in [5, 5.41) is 17.0. The predicted octanol–water partition coefficient (Wildman–Crippen LogP) is 5.15. The number of carbonyl (C=O) groups excluding carboxylic acids is 2. The molecular weight excluding hydrogens is 602 g/mol. The summed E-state index contributed by atoms with van der Waals surface area (Å²) in [6, 6.07) is -0.417. The normalized spacial score (nSPS) is 17.9. The van der Waals surface area contributed by atoms with E-state index in [1.807, 2.05) is 0 Å². The van der Waals surface area contributed by atoms with Gasteiger partial charge in [-0.1, -0.05) is 52.9 Å². The van der Waals surface area contributed by atoms with Crippen LogP contribution in [0, 0.1) is 17.8 Å². The van der Waals surface area contributed by atoms with Gasteiger partial charge in [0.2, 0.25) is 5.91 Å². The molecule has 0 spiro atoms. The highest BCUT2D eigenvalue weighted by Gasteiger charge is 2.39. The van der Waals surface area contributed by atoms with E-state index < -0.39 is 30.3 Å². The lowest BCUT2D eigenvalue weighted by atomic mass is 9.83. The number of ketones is 1. The zero-order chi connectivity index (χ0) is 34.1. The number of nitrogens with two attached hydrogens (primary N) is 1. The highest BCUT2D eigenvalue weighted by molar-refractivity contribution is 5.97. The second-order valence-electron chi connectivity index (χ2n) is 11.4. The molecule has 10 nitrogen and oxygen atoms in total. The number of likely N-dealkylation sites (tertiary alicyclic amines) is 1. The number of carboxylic acid groups (broad SMARTS) is 2. The lowest BCUT2D eigenvalue weighted by Gasteiger charge is -2.30. The number of amides is 1. The molecule has 0 bridgehead atoms. The van der Waals surface area contributed by atoms with Crippen LogP contribution >= 0.6 is 0 Å². The number of piperidine rings is 1. The van der Waals surface area contributed by atoms with Crippen LogP contribution in [0.4, 0.5) is 26.3 Å². The number of alkyl halides is 6. The number of nitrogens with one attached hydrogen (secondary N) is 1. The Morgan fingerprint density at radius 3 is 1.77 bits per heavy atom. The molecular formula is C28H46F6N4O6. The van der Waals surface area contributed by atoms with E-state index >= 15 is 0 Å². The van der Waals surface area contributed by atoms with E-state index in [1.54, 1.807) is 0 Å². The van der Waals surface area contributed by atoms with Gasteiger partial charge in [0, 0.05) is 12.8 Å². The van der Waals surface area contributed by atoms with Gasteiger partial charge < -0.3 is 20.8 Å². The molecule has 0 unspecified atom stereocenters. The van der Waals surface area contributed by atoms with Gasteiger partial charge in [0.15, 0.2) is 11.7 Å². The summed E-state index contributed by atoms with van der Waals surface area (Å²) in [6.45, 7) is 9.64. The highest BCUT2D eigenvalue weighted by atomic mass is 19.4. The van der Waals surface area contributed by atoms with E-state index in [2.05, 4.69) is 36.0 Å². The lowest BCUT2D eigenvalue weighted by molar-refractivity contribution is -0.193. The van der Waals surface area contributed by atoms with Crippen molar-refractivity contribution in [3.63, 3.8) is 0 Å². The fourth-order valence-electron chi connectivity index (χ4n) is 4.76. The van der Waals surface area contributed by atoms with Gasteiger partial charge in [-0.3, -0.25) is 14.9 Å². The first-order valence-corrected chi connectivity index (χ1v) is 14.7. The molecule has 1 saturated carbocycles. The van der Waals surface area contributed by atoms with Crippen molar-refractivity contribution in [3.05, 3.63) is 0 Å². The largest absolute Gasteiger partial charge is 0.490 e. The second-order valence-corrected chi connectivity index (χ2v) is 11.4. The van der Waals surface area contributed by atoms with Crippen LogP contribution in [0.25, 0.3) is 0 Å². The Hall–Kier alpha value is -2.91. The molecule has 16 heteroatoms. The van der Waals surface area contributed by atoms with Crippen LogP contribution in [-0.2, 0) is 19.2 Å². The van der Waals surface area contributed by atoms with Crippen LogP contribution in [0.5, 0.6) is 0 Å². The molecule has 0 aromatic heterocycles. The van der Waals surface area contributed by atoms with Crippen molar-refractivity contribution >= 4 is 29.6 Å². The SMILES string of the molecule is CCN1CCC(CC(=O)NC(N)=N[C@H](CC2CCCCC2)C(=O)CCC(C)C)CC1.O=C(O)C(F)(F)F.O=C(O)C(F)(F)F. The number of hydrogen-bond donors (Lipinski definition) is 4. The Balaban J connectivity index is 0.00000109. The van der Waals surface area contributed by atoms with E-state index in [9.17, 15) is 35.9 Å². The van der Waals surface area contributed by atoms with E-state index in [0.29, 0.717) is 30.6 Å². The summed E-state index contributed by atoms with van der Waals surface area (Å²) in [7, 11) is 0. The van der Waals surface area contributed by atoms with Crippen LogP contribution in [0.15, 0.2) is 4.99 Å². The molecule has 0 aromatic carbocycles. The first-order valence-electron chi connectivity index (χ1n) is 14.7. The Kier molecular flexibility index (Phi) is 18.8. The predicted molar refractivity (Wildman–Crippen MR) is 151 cm³/mol. The van der Waals surface area contributed by atoms with Crippen molar-refractivity contribution in [1.82, 2.24) is 10.2 Å². The zero-order valence-corrected chi connectivity index (χ0v) is 25.5. The molecule has 1 atom stereocenters. The lowest BCUT2D eigenvalue weighted by Crippen LogP contribution is -2.41. The first kappa shape index (κ1) is 41.1. The Bertz CT molecular complexity index is 905. The maximum absolute atomic E-state index is 12.8. The van der Waals surface area contributed by atoms with Gasteiger partial charge in [0.25, 0.3) is 0 Å². The van der Waals surface area contributed by atoms with Crippen LogP contribution in [-0.4, -0.2) is 82.7 Å². The van der Waals surface area contributed by atoms with Gasteiger partial charge in [-0.05, 0) is 63.1 Å². The van der Waals surface area contributed by atoms with E-state index in [4.69, 9.17) is 25.5 Å². The summed E-state index contributed by atoms with van der Waals surface area (Å²) in [6.07, 6.45) is 0.722. The van der Waals surface area contributed by atoms with Crippen molar-refractivity contribution in [2.45, 2.75) is 110 Å². The van der Waals surface area contributed by atoms with Gasteiger partial charge in [-0.25, -0.2) is 14.6 Å². The molecule has 1 saturated heterocycles. The van der Waals surface area contributed by atoms with E-state index in [1.165, 1.54) is 32.1 Å². The number of hydrogen-bond acceptors (Lipinski definition) is 6. The molecule has 2 rings (SSSR count). The summed E-state index contributed by atoms with van der Waals surface area (Å²) < 4.78 is 63.5. The molecule has 5 N–H and O–H groups in total. The second kappa shape index (κ2) is 20.2. The minimum Gasteiger partial charge on any atom is -0.475 e. The molecule has 1 amide bonds. The van der Waals surface area contributed by atoms with E-state index in [0.717, 1.165) is 45.3 Å². The monoisotopic (exact) mass is 648 g/mol. The standard InChI is InChI=1S/C24H44N4O2.2C2HF3O2/c1-4-28-14-12-20(13-15-28)17-23(30)27-24(25)26-21(22(29)11-10-18(2)3)16-19-8-6-5-7-9-19;2*3-2(4,5)1(6)7/h18-21H,4-17H2,1-3H3,(H3,25,26,27,30);2*(H,6,7)/t21-;;/m1../s1. The van der Waals surface area contributed by atoms with E-state index in [-0.39, 0.29) is 17.6 Å². The van der Waals surface area contributed by atoms with Crippen molar-refractivity contribution < 1.29 is 55.7 Å². The maximum Gasteiger partial charge on any atom is 0.490 e. The minimum absolute atomic E-state index is 0.0720. The fraction of sp³-hybridized carbons (Fsp3) is 0.821. The first-order chi connectivity index (χ1) is 20.3. The highest BCUT2D eigenvalue weighted by Crippen LogP contribution is 2.29. The number of halogens is 6. The fourth-order valence-corrected chi connectivity index (χ4v) is 4.76. The molecule has 2 aliphatic rings. The number of nitrogens with zero attached hydrogens (tertiary/aromatic N) is 2. The van der Waals surface area contributed by atoms with Gasteiger partial charge in [-0.15, -0.1) is 0 Å². The number of aliphatic imine (C=N–C) groups is 1. The molecule has 44 heavy (non-hydrogen) atoms. The van der Waals surface area contributed by atoms with Crippen molar-refractivity contribution in [3.8, 4) is 0 Å². The van der Waals surface area contributed by atoms with Crippen molar-refractivity contribution in [2.75, 3.05) is 19.6 Å². The third-order valence-corrected chi connectivity index (χ3v) is 7.30. The molecule has 256 valence electrons. The summed E-state index contributed by atoms with van der Waals surface area (Å²) >= 11 is 0. The molecule has 0 aromatic rings. The zero-order valence-electron chi connectivity index (χ0n) is 25.5. The summed E-state index contributed by atoms with van der Waals surface area (Å²) in [5.41, 5.74) is 6.08. The van der Waals surface area contributed by atoms with Gasteiger partial charge in [0.1, 0.15) is 6.04 Å². The number of aliphatic carboxylic acids is 2. The molecule has 0 radical (unpaired) electrons.